The minimum atomic E-state index is -1.93. The van der Waals surface area contributed by atoms with Gasteiger partial charge in [-0.2, -0.15) is 0 Å². The number of hydrogen-bond donors (Lipinski definition) is 9. The number of ether oxygens (including phenoxy) is 5. The van der Waals surface area contributed by atoms with Gasteiger partial charge in [-0.25, -0.2) is 14.4 Å². The quantitative estimate of drug-likeness (QED) is 0.103. The first-order valence-corrected chi connectivity index (χ1v) is 12.8. The van der Waals surface area contributed by atoms with Crippen LogP contribution in [0.5, 0.6) is 51.7 Å². The Kier molecular flexibility index (Phi) is 7.73. The number of hydrogen-bond acceptors (Lipinski definition) is 17. The number of carbonyl (C=O) groups excluding carboxylic acids is 3. The lowest BCUT2D eigenvalue weighted by atomic mass is 9.86. The molecule has 3 aromatic rings. The number of phenols is 8. The van der Waals surface area contributed by atoms with Gasteiger partial charge in [0.05, 0.1) is 23.8 Å². The second kappa shape index (κ2) is 11.4. The predicted octanol–water partition coefficient (Wildman–Crippen LogP) is 0.762. The molecule has 17 nitrogen and oxygen atoms in total. The van der Waals surface area contributed by atoms with Crippen molar-refractivity contribution in [2.45, 2.75) is 30.5 Å². The maximum Gasteiger partial charge on any atom is 0.339 e. The molecule has 17 heteroatoms. The molecule has 0 aliphatic carbocycles. The van der Waals surface area contributed by atoms with Crippen molar-refractivity contribution in [1.82, 2.24) is 0 Å². The number of esters is 3. The van der Waals surface area contributed by atoms with E-state index >= 15 is 0 Å². The molecule has 5 rings (SSSR count). The number of fused-ring (bicyclic) bond motifs is 3. The topological polar surface area (TPSA) is 279 Å². The van der Waals surface area contributed by atoms with E-state index in [4.69, 9.17) is 23.7 Å². The lowest BCUT2D eigenvalue weighted by molar-refractivity contribution is -0.235. The van der Waals surface area contributed by atoms with E-state index < -0.39 is 118 Å². The fourth-order valence-corrected chi connectivity index (χ4v) is 4.93. The van der Waals surface area contributed by atoms with Crippen LogP contribution in [0.1, 0.15) is 42.7 Å². The highest BCUT2D eigenvalue weighted by atomic mass is 16.6. The van der Waals surface area contributed by atoms with Gasteiger partial charge in [-0.1, -0.05) is 0 Å². The van der Waals surface area contributed by atoms with Gasteiger partial charge in [-0.15, -0.1) is 0 Å². The lowest BCUT2D eigenvalue weighted by Gasteiger charge is -2.45. The summed E-state index contributed by atoms with van der Waals surface area (Å²) in [5, 5.41) is 90.5. The van der Waals surface area contributed by atoms with Crippen LogP contribution in [-0.4, -0.2) is 102 Å². The van der Waals surface area contributed by atoms with Crippen molar-refractivity contribution in [2.24, 2.45) is 0 Å². The molecule has 1 fully saturated rings. The van der Waals surface area contributed by atoms with E-state index in [9.17, 15) is 60.3 Å². The van der Waals surface area contributed by atoms with Crippen LogP contribution in [0.3, 0.4) is 0 Å². The molecule has 0 saturated carbocycles. The zero-order chi connectivity index (χ0) is 32.9. The molecule has 0 spiro atoms. The van der Waals surface area contributed by atoms with Gasteiger partial charge in [0, 0.05) is 5.56 Å². The fourth-order valence-electron chi connectivity index (χ4n) is 4.93. The largest absolute Gasteiger partial charge is 0.504 e. The molecule has 0 bridgehead atoms. The summed E-state index contributed by atoms with van der Waals surface area (Å²) in [5.41, 5.74) is -1.61. The van der Waals surface area contributed by atoms with Crippen LogP contribution in [-0.2, 0) is 18.9 Å². The highest BCUT2D eigenvalue weighted by Gasteiger charge is 2.55. The average molecular weight is 632 g/mol. The Morgan fingerprint density at radius 1 is 0.778 bits per heavy atom. The molecule has 2 aliphatic heterocycles. The van der Waals surface area contributed by atoms with E-state index in [1.165, 1.54) is 0 Å². The SMILES string of the molecule is COc1c(O)cc2c(c1O)[C@@H]1O[C@H](COC(=O)c3cc(O)c(O)c(O)c3)[C@@H](O)[C@H](OC(=O)c3cc(O)c(O)c(O)c3)[C@H]1OC2=O. The van der Waals surface area contributed by atoms with Crippen molar-refractivity contribution in [2.75, 3.05) is 13.7 Å². The summed E-state index contributed by atoms with van der Waals surface area (Å²) in [5.74, 6) is -10.8. The maximum atomic E-state index is 13.1. The van der Waals surface area contributed by atoms with E-state index in [2.05, 4.69) is 0 Å². The van der Waals surface area contributed by atoms with E-state index in [1.807, 2.05) is 0 Å². The second-order valence-electron chi connectivity index (χ2n) is 9.89. The summed E-state index contributed by atoms with van der Waals surface area (Å²) in [4.78, 5) is 38.7. The number of benzene rings is 3. The van der Waals surface area contributed by atoms with Crippen molar-refractivity contribution in [3.05, 3.63) is 52.6 Å². The smallest absolute Gasteiger partial charge is 0.339 e. The van der Waals surface area contributed by atoms with Crippen molar-refractivity contribution < 1.29 is 84.0 Å². The molecular weight excluding hydrogens is 608 g/mol. The normalized spacial score (nSPS) is 22.0. The minimum Gasteiger partial charge on any atom is -0.504 e. The van der Waals surface area contributed by atoms with Crippen LogP contribution in [0.2, 0.25) is 0 Å². The van der Waals surface area contributed by atoms with Gasteiger partial charge in [-0.05, 0) is 30.3 Å². The van der Waals surface area contributed by atoms with Crippen LogP contribution in [0, 0.1) is 0 Å². The highest BCUT2D eigenvalue weighted by Crippen LogP contribution is 2.50. The predicted molar refractivity (Wildman–Crippen MR) is 142 cm³/mol. The highest BCUT2D eigenvalue weighted by molar-refractivity contribution is 5.95. The molecule has 9 N–H and O–H groups in total. The molecule has 1 saturated heterocycles. The van der Waals surface area contributed by atoms with Crippen LogP contribution in [0.25, 0.3) is 0 Å². The Morgan fingerprint density at radius 2 is 1.31 bits per heavy atom. The number of carbonyl (C=O) groups is 3. The van der Waals surface area contributed by atoms with Crippen LogP contribution in [0.15, 0.2) is 30.3 Å². The summed E-state index contributed by atoms with van der Waals surface area (Å²) in [7, 11) is 1.11. The molecule has 0 unspecified atom stereocenters. The van der Waals surface area contributed by atoms with Gasteiger partial charge in [0.2, 0.25) is 5.75 Å². The first-order valence-electron chi connectivity index (χ1n) is 12.8. The second-order valence-corrected chi connectivity index (χ2v) is 9.89. The number of aromatic hydroxyl groups is 8. The number of methoxy groups -OCH3 is 1. The number of aliphatic hydroxyl groups excluding tert-OH is 1. The molecule has 2 heterocycles. The summed E-state index contributed by atoms with van der Waals surface area (Å²) in [6, 6.07) is 3.97. The molecule has 45 heavy (non-hydrogen) atoms. The average Bonchev–Trinajstić information content (AvgIpc) is 2.99. The van der Waals surface area contributed by atoms with Crippen molar-refractivity contribution in [1.29, 1.82) is 0 Å². The van der Waals surface area contributed by atoms with E-state index in [0.29, 0.717) is 0 Å². The number of rotatable bonds is 6. The standard InChI is InChI=1S/C28H24O17/c1-41-22-15(33)6-10-17(21(22)37)23-25(45-28(10)40)24(44-27(39)9-4-13(31)19(35)14(32)5-9)20(36)16(43-23)7-42-26(38)8-2-11(29)18(34)12(30)3-8/h2-6,16,20,23-25,29-37H,7H2,1H3/t16-,20-,23+,24+,25+/m1/s1. The Hall–Kier alpha value is -5.81. The third kappa shape index (κ3) is 5.30. The zero-order valence-corrected chi connectivity index (χ0v) is 22.8. The van der Waals surface area contributed by atoms with E-state index in [0.717, 1.165) is 37.4 Å². The number of aliphatic hydroxyl groups is 1. The van der Waals surface area contributed by atoms with Crippen LogP contribution < -0.4 is 4.74 Å². The van der Waals surface area contributed by atoms with Gasteiger partial charge in [-0.3, -0.25) is 0 Å². The van der Waals surface area contributed by atoms with Gasteiger partial charge in [0.1, 0.15) is 24.9 Å². The summed E-state index contributed by atoms with van der Waals surface area (Å²) in [6.07, 6.45) is -8.60. The Morgan fingerprint density at radius 3 is 1.84 bits per heavy atom. The Balaban J connectivity index is 1.51. The molecule has 2 aliphatic rings. The molecule has 5 atom stereocenters. The molecule has 0 radical (unpaired) electrons. The minimum absolute atomic E-state index is 0.302. The van der Waals surface area contributed by atoms with Crippen LogP contribution in [0.4, 0.5) is 0 Å². The Bertz CT molecular complexity index is 1670. The molecule has 238 valence electrons. The summed E-state index contributed by atoms with van der Waals surface area (Å²) >= 11 is 0. The van der Waals surface area contributed by atoms with Gasteiger partial charge < -0.3 is 69.6 Å². The van der Waals surface area contributed by atoms with E-state index in [-0.39, 0.29) is 11.1 Å². The molecule has 0 amide bonds. The first kappa shape index (κ1) is 30.6. The third-order valence-electron chi connectivity index (χ3n) is 7.12. The first-order chi connectivity index (χ1) is 21.2. The van der Waals surface area contributed by atoms with E-state index in [1.54, 1.807) is 0 Å². The Labute approximate surface area is 250 Å². The van der Waals surface area contributed by atoms with Gasteiger partial charge in [0.25, 0.3) is 0 Å². The van der Waals surface area contributed by atoms with Crippen molar-refractivity contribution in [3.8, 4) is 51.7 Å². The monoisotopic (exact) mass is 632 g/mol. The maximum absolute atomic E-state index is 13.1. The zero-order valence-electron chi connectivity index (χ0n) is 22.8. The van der Waals surface area contributed by atoms with Gasteiger partial charge in [0.15, 0.2) is 58.2 Å². The molecular formula is C28H24O17. The summed E-state index contributed by atoms with van der Waals surface area (Å²) in [6.45, 7) is -0.806. The molecule has 3 aromatic carbocycles. The van der Waals surface area contributed by atoms with Crippen molar-refractivity contribution in [3.63, 3.8) is 0 Å². The number of phenolic OH excluding ortho intramolecular Hbond substituents is 8. The molecule has 0 aromatic heterocycles. The van der Waals surface area contributed by atoms with Crippen molar-refractivity contribution >= 4 is 17.9 Å². The fraction of sp³-hybridized carbons (Fsp3) is 0.250. The van der Waals surface area contributed by atoms with Crippen LogP contribution >= 0.6 is 0 Å². The lowest BCUT2D eigenvalue weighted by Crippen LogP contribution is -2.59. The third-order valence-corrected chi connectivity index (χ3v) is 7.12. The van der Waals surface area contributed by atoms with Gasteiger partial charge >= 0.3 is 17.9 Å². The summed E-state index contributed by atoms with van der Waals surface area (Å²) < 4.78 is 26.8.